The van der Waals surface area contributed by atoms with Gasteiger partial charge in [0.2, 0.25) is 5.16 Å². The molecule has 0 atom stereocenters. The van der Waals surface area contributed by atoms with E-state index in [1.807, 2.05) is 24.3 Å². The number of aromatic hydroxyl groups is 1. The summed E-state index contributed by atoms with van der Waals surface area (Å²) in [4.78, 5) is 0. The summed E-state index contributed by atoms with van der Waals surface area (Å²) in [6.07, 6.45) is 3.20. The smallest absolute Gasteiger partial charge is 0.212 e. The topological polar surface area (TPSA) is 63.3 Å². The molecule has 1 heterocycles. The second-order valence-corrected chi connectivity index (χ2v) is 7.97. The first-order chi connectivity index (χ1) is 12.0. The van der Waals surface area contributed by atoms with E-state index in [0.29, 0.717) is 19.9 Å². The molecule has 0 amide bonds. The van der Waals surface area contributed by atoms with E-state index in [2.05, 4.69) is 47.2 Å². The largest absolute Gasteiger partial charge is 0.506 e. The maximum atomic E-state index is 9.75. The first kappa shape index (κ1) is 18.4. The van der Waals surface area contributed by atoms with Crippen LogP contribution in [0.1, 0.15) is 11.1 Å². The van der Waals surface area contributed by atoms with Gasteiger partial charge in [-0.3, -0.25) is 0 Å². The molecule has 128 valence electrons. The third-order valence-electron chi connectivity index (χ3n) is 3.19. The summed E-state index contributed by atoms with van der Waals surface area (Å²) in [5, 5.41) is 23.5. The summed E-state index contributed by atoms with van der Waals surface area (Å²) in [7, 11) is 0. The molecule has 0 fully saturated rings. The molecule has 0 bridgehead atoms. The Balaban J connectivity index is 1.75. The average Bonchev–Trinajstić information content (AvgIpc) is 3.04. The summed E-state index contributed by atoms with van der Waals surface area (Å²) < 4.78 is 2.76. The van der Waals surface area contributed by atoms with Crippen LogP contribution in [-0.2, 0) is 5.75 Å². The number of hydrogen-bond donors (Lipinski definition) is 1. The van der Waals surface area contributed by atoms with Crippen LogP contribution in [0.5, 0.6) is 5.75 Å². The monoisotopic (exact) mass is 500 g/mol. The second-order valence-electron chi connectivity index (χ2n) is 4.92. The van der Waals surface area contributed by atoms with E-state index in [1.54, 1.807) is 23.0 Å². The molecule has 1 N–H and O–H groups in total. The second kappa shape index (κ2) is 8.35. The van der Waals surface area contributed by atoms with Crippen LogP contribution >= 0.6 is 55.2 Å². The lowest BCUT2D eigenvalue weighted by Gasteiger charge is -2.04. The lowest BCUT2D eigenvalue weighted by Crippen LogP contribution is -1.93. The molecule has 25 heavy (non-hydrogen) atoms. The van der Waals surface area contributed by atoms with Gasteiger partial charge in [-0.25, -0.2) is 0 Å². The molecular weight excluding hydrogens is 492 g/mol. The lowest BCUT2D eigenvalue weighted by molar-refractivity contribution is 0.468. The lowest BCUT2D eigenvalue weighted by atomic mass is 10.2. The molecule has 2 aromatic carbocycles. The number of rotatable bonds is 5. The van der Waals surface area contributed by atoms with Gasteiger partial charge in [-0.2, -0.15) is 9.78 Å². The Kier molecular flexibility index (Phi) is 6.16. The summed E-state index contributed by atoms with van der Waals surface area (Å²) in [5.41, 5.74) is 1.84. The van der Waals surface area contributed by atoms with E-state index in [1.165, 1.54) is 18.1 Å². The Hall–Kier alpha value is -1.35. The van der Waals surface area contributed by atoms with E-state index in [4.69, 9.17) is 11.6 Å². The SMILES string of the molecule is Oc1c(Br)cc(/C=N/n2cnnc2SCc2ccccc2Cl)cc1Br. The fraction of sp³-hybridized carbons (Fsp3) is 0.0625. The number of nitrogens with zero attached hydrogens (tertiary/aromatic N) is 4. The number of aromatic nitrogens is 3. The van der Waals surface area contributed by atoms with Crippen LogP contribution < -0.4 is 0 Å². The molecule has 0 unspecified atom stereocenters. The van der Waals surface area contributed by atoms with Crippen LogP contribution in [0.2, 0.25) is 5.02 Å². The molecule has 9 heteroatoms. The van der Waals surface area contributed by atoms with Crippen molar-refractivity contribution in [3.05, 3.63) is 67.8 Å². The summed E-state index contributed by atoms with van der Waals surface area (Å²) in [5.74, 6) is 0.821. The van der Waals surface area contributed by atoms with Crippen LogP contribution in [0.3, 0.4) is 0 Å². The zero-order chi connectivity index (χ0) is 17.8. The number of phenols is 1. The minimum absolute atomic E-state index is 0.150. The Morgan fingerprint density at radius 1 is 1.24 bits per heavy atom. The molecule has 0 saturated carbocycles. The highest BCUT2D eigenvalue weighted by molar-refractivity contribution is 9.11. The molecule has 0 aliphatic heterocycles. The van der Waals surface area contributed by atoms with Gasteiger partial charge in [0.25, 0.3) is 0 Å². The van der Waals surface area contributed by atoms with Gasteiger partial charge in [-0.05, 0) is 61.2 Å². The number of hydrogen-bond acceptors (Lipinski definition) is 5. The first-order valence-electron chi connectivity index (χ1n) is 7.03. The van der Waals surface area contributed by atoms with Crippen LogP contribution in [-0.4, -0.2) is 26.2 Å². The van der Waals surface area contributed by atoms with Crippen LogP contribution in [0.15, 0.2) is 61.9 Å². The molecule has 0 aliphatic rings. The minimum atomic E-state index is 0.150. The molecule has 1 aromatic heterocycles. The third-order valence-corrected chi connectivity index (χ3v) is 5.75. The first-order valence-corrected chi connectivity index (χ1v) is 9.98. The molecule has 0 radical (unpaired) electrons. The number of benzene rings is 2. The third kappa shape index (κ3) is 4.63. The predicted molar refractivity (Wildman–Crippen MR) is 108 cm³/mol. The summed E-state index contributed by atoms with van der Waals surface area (Å²) in [6.45, 7) is 0. The van der Waals surface area contributed by atoms with Gasteiger partial charge < -0.3 is 5.11 Å². The quantitative estimate of drug-likeness (QED) is 0.378. The molecule has 0 aliphatic carbocycles. The van der Waals surface area contributed by atoms with Gasteiger partial charge in [-0.15, -0.1) is 10.2 Å². The van der Waals surface area contributed by atoms with Gasteiger partial charge in [0.05, 0.1) is 15.2 Å². The molecule has 3 aromatic rings. The highest BCUT2D eigenvalue weighted by Crippen LogP contribution is 2.33. The molecule has 0 spiro atoms. The van der Waals surface area contributed by atoms with Crippen molar-refractivity contribution >= 4 is 61.4 Å². The molecule has 0 saturated heterocycles. The Labute approximate surface area is 170 Å². The normalized spacial score (nSPS) is 11.3. The van der Waals surface area contributed by atoms with E-state index in [-0.39, 0.29) is 5.75 Å². The zero-order valence-corrected chi connectivity index (χ0v) is 17.3. The molecule has 5 nitrogen and oxygen atoms in total. The average molecular weight is 503 g/mol. The number of phenolic OH excluding ortho intramolecular Hbond substituents is 1. The van der Waals surface area contributed by atoms with Crippen molar-refractivity contribution in [3.63, 3.8) is 0 Å². The van der Waals surface area contributed by atoms with Crippen molar-refractivity contribution in [1.82, 2.24) is 14.9 Å². The van der Waals surface area contributed by atoms with Gasteiger partial charge >= 0.3 is 0 Å². The van der Waals surface area contributed by atoms with Crippen LogP contribution in [0.25, 0.3) is 0 Å². The highest BCUT2D eigenvalue weighted by Gasteiger charge is 2.08. The van der Waals surface area contributed by atoms with Crippen LogP contribution in [0, 0.1) is 0 Å². The van der Waals surface area contributed by atoms with E-state index in [0.717, 1.165) is 16.1 Å². The Bertz CT molecular complexity index is 909. The molecular formula is C16H11Br2ClN4OS. The summed E-state index contributed by atoms with van der Waals surface area (Å²) in [6, 6.07) is 11.2. The van der Waals surface area contributed by atoms with Gasteiger partial charge in [0.1, 0.15) is 12.1 Å². The minimum Gasteiger partial charge on any atom is -0.506 e. The van der Waals surface area contributed by atoms with Crippen molar-refractivity contribution in [3.8, 4) is 5.75 Å². The van der Waals surface area contributed by atoms with Crippen molar-refractivity contribution < 1.29 is 5.11 Å². The van der Waals surface area contributed by atoms with Crippen molar-refractivity contribution in [1.29, 1.82) is 0 Å². The Morgan fingerprint density at radius 3 is 2.68 bits per heavy atom. The van der Waals surface area contributed by atoms with Gasteiger partial charge in [0.15, 0.2) is 0 Å². The predicted octanol–water partition coefficient (Wildman–Crippen LogP) is 5.34. The molecule has 3 rings (SSSR count). The van der Waals surface area contributed by atoms with Crippen molar-refractivity contribution in [2.75, 3.05) is 0 Å². The fourth-order valence-corrected chi connectivity index (χ4v) is 4.31. The van der Waals surface area contributed by atoms with Crippen molar-refractivity contribution in [2.24, 2.45) is 5.10 Å². The van der Waals surface area contributed by atoms with Crippen LogP contribution in [0.4, 0.5) is 0 Å². The maximum Gasteiger partial charge on any atom is 0.212 e. The number of thioether (sulfide) groups is 1. The standard InChI is InChI=1S/C16H11Br2ClN4OS/c17-12-5-10(6-13(18)15(12)24)7-21-23-9-20-22-16(23)25-8-11-3-1-2-4-14(11)19/h1-7,9,24H,8H2/b21-7+. The highest BCUT2D eigenvalue weighted by atomic mass is 79.9. The fourth-order valence-electron chi connectivity index (χ4n) is 1.94. The van der Waals surface area contributed by atoms with Gasteiger partial charge in [-0.1, -0.05) is 41.6 Å². The maximum absolute atomic E-state index is 9.75. The number of halogens is 3. The van der Waals surface area contributed by atoms with E-state index < -0.39 is 0 Å². The van der Waals surface area contributed by atoms with Gasteiger partial charge in [0, 0.05) is 10.8 Å². The zero-order valence-electron chi connectivity index (χ0n) is 12.6. The van der Waals surface area contributed by atoms with E-state index in [9.17, 15) is 5.11 Å². The summed E-state index contributed by atoms with van der Waals surface area (Å²) >= 11 is 14.3. The van der Waals surface area contributed by atoms with Crippen molar-refractivity contribution in [2.45, 2.75) is 10.9 Å². The Morgan fingerprint density at radius 2 is 1.96 bits per heavy atom. The van der Waals surface area contributed by atoms with E-state index >= 15 is 0 Å².